The third-order valence-corrected chi connectivity index (χ3v) is 4.95. The number of anilines is 1. The summed E-state index contributed by atoms with van der Waals surface area (Å²) in [5.41, 5.74) is 1.92. The SMILES string of the molecule is CCCOc1ccc(C(=O)N2CCN(c3ccccc3)CC2)cc1Br. The highest BCUT2D eigenvalue weighted by Gasteiger charge is 2.22. The fourth-order valence-electron chi connectivity index (χ4n) is 2.95. The Morgan fingerprint density at radius 2 is 1.80 bits per heavy atom. The molecule has 0 atom stereocenters. The average Bonchev–Trinajstić information content (AvgIpc) is 2.67. The van der Waals surface area contributed by atoms with Crippen LogP contribution in [0.4, 0.5) is 5.69 Å². The minimum atomic E-state index is 0.0791. The topological polar surface area (TPSA) is 32.8 Å². The van der Waals surface area contributed by atoms with Crippen molar-refractivity contribution < 1.29 is 9.53 Å². The standard InChI is InChI=1S/C20H23BrN2O2/c1-2-14-25-19-9-8-16(15-18(19)21)20(24)23-12-10-22(11-13-23)17-6-4-3-5-7-17/h3-9,15H,2,10-14H2,1H3. The lowest BCUT2D eigenvalue weighted by Gasteiger charge is -2.36. The van der Waals surface area contributed by atoms with E-state index in [4.69, 9.17) is 4.74 Å². The molecule has 0 aliphatic carbocycles. The van der Waals surface area contributed by atoms with Gasteiger partial charge in [-0.05, 0) is 52.7 Å². The van der Waals surface area contributed by atoms with E-state index in [-0.39, 0.29) is 5.91 Å². The van der Waals surface area contributed by atoms with Crippen LogP contribution in [-0.2, 0) is 0 Å². The largest absolute Gasteiger partial charge is 0.492 e. The van der Waals surface area contributed by atoms with E-state index in [1.807, 2.05) is 41.3 Å². The number of carbonyl (C=O) groups is 1. The Bertz CT molecular complexity index is 713. The second kappa shape index (κ2) is 8.39. The van der Waals surface area contributed by atoms with Crippen LogP contribution in [-0.4, -0.2) is 43.6 Å². The van der Waals surface area contributed by atoms with E-state index in [1.54, 1.807) is 0 Å². The molecular formula is C20H23BrN2O2. The van der Waals surface area contributed by atoms with Crippen LogP contribution in [0.1, 0.15) is 23.7 Å². The number of amides is 1. The lowest BCUT2D eigenvalue weighted by atomic mass is 10.1. The summed E-state index contributed by atoms with van der Waals surface area (Å²) in [6, 6.07) is 15.9. The maximum Gasteiger partial charge on any atom is 0.254 e. The van der Waals surface area contributed by atoms with Gasteiger partial charge in [-0.2, -0.15) is 0 Å². The van der Waals surface area contributed by atoms with Crippen molar-refractivity contribution in [2.45, 2.75) is 13.3 Å². The van der Waals surface area contributed by atoms with E-state index in [9.17, 15) is 4.79 Å². The van der Waals surface area contributed by atoms with Crippen molar-refractivity contribution in [2.75, 3.05) is 37.7 Å². The second-order valence-corrected chi connectivity index (χ2v) is 6.96. The third kappa shape index (κ3) is 4.34. The molecule has 1 aliphatic rings. The van der Waals surface area contributed by atoms with Crippen LogP contribution >= 0.6 is 15.9 Å². The van der Waals surface area contributed by atoms with E-state index in [0.717, 1.165) is 42.8 Å². The number of halogens is 1. The van der Waals surface area contributed by atoms with Gasteiger partial charge in [0, 0.05) is 37.4 Å². The molecule has 1 fully saturated rings. The van der Waals surface area contributed by atoms with Crippen molar-refractivity contribution in [3.05, 3.63) is 58.6 Å². The van der Waals surface area contributed by atoms with Crippen LogP contribution in [0, 0.1) is 0 Å². The van der Waals surface area contributed by atoms with Crippen molar-refractivity contribution in [3.63, 3.8) is 0 Å². The highest BCUT2D eigenvalue weighted by Crippen LogP contribution is 2.27. The molecular weight excluding hydrogens is 380 g/mol. The Morgan fingerprint density at radius 1 is 1.08 bits per heavy atom. The monoisotopic (exact) mass is 402 g/mol. The first-order chi connectivity index (χ1) is 12.2. The highest BCUT2D eigenvalue weighted by molar-refractivity contribution is 9.10. The summed E-state index contributed by atoms with van der Waals surface area (Å²) in [7, 11) is 0. The predicted octanol–water partition coefficient (Wildman–Crippen LogP) is 4.20. The van der Waals surface area contributed by atoms with Gasteiger partial charge in [0.2, 0.25) is 0 Å². The summed E-state index contributed by atoms with van der Waals surface area (Å²) < 4.78 is 6.48. The molecule has 0 N–H and O–H groups in total. The van der Waals surface area contributed by atoms with Crippen molar-refractivity contribution in [3.8, 4) is 5.75 Å². The predicted molar refractivity (Wildman–Crippen MR) is 104 cm³/mol. The third-order valence-electron chi connectivity index (χ3n) is 4.33. The molecule has 25 heavy (non-hydrogen) atoms. The number of para-hydroxylation sites is 1. The quantitative estimate of drug-likeness (QED) is 0.750. The first-order valence-electron chi connectivity index (χ1n) is 8.70. The molecule has 3 rings (SSSR count). The summed E-state index contributed by atoms with van der Waals surface area (Å²) in [5, 5.41) is 0. The Labute approximate surface area is 157 Å². The van der Waals surface area contributed by atoms with E-state index >= 15 is 0 Å². The number of ether oxygens (including phenoxy) is 1. The Kier molecular flexibility index (Phi) is 5.97. The fraction of sp³-hybridized carbons (Fsp3) is 0.350. The van der Waals surface area contributed by atoms with E-state index in [2.05, 4.69) is 39.9 Å². The van der Waals surface area contributed by atoms with Gasteiger partial charge in [-0.3, -0.25) is 4.79 Å². The van der Waals surface area contributed by atoms with Crippen LogP contribution < -0.4 is 9.64 Å². The van der Waals surface area contributed by atoms with Crippen LogP contribution in [0.25, 0.3) is 0 Å². The molecule has 2 aromatic carbocycles. The van der Waals surface area contributed by atoms with Crippen molar-refractivity contribution in [2.24, 2.45) is 0 Å². The van der Waals surface area contributed by atoms with Crippen LogP contribution in [0.5, 0.6) is 5.75 Å². The van der Waals surface area contributed by atoms with Gasteiger partial charge in [-0.15, -0.1) is 0 Å². The molecule has 132 valence electrons. The maximum absolute atomic E-state index is 12.8. The lowest BCUT2D eigenvalue weighted by molar-refractivity contribution is 0.0746. The van der Waals surface area contributed by atoms with Gasteiger partial charge in [-0.1, -0.05) is 25.1 Å². The Balaban J connectivity index is 1.62. The van der Waals surface area contributed by atoms with Crippen LogP contribution in [0.15, 0.2) is 53.0 Å². The summed E-state index contributed by atoms with van der Waals surface area (Å²) in [6.07, 6.45) is 0.957. The normalized spacial score (nSPS) is 14.5. The average molecular weight is 403 g/mol. The first-order valence-corrected chi connectivity index (χ1v) is 9.50. The van der Waals surface area contributed by atoms with Crippen LogP contribution in [0.2, 0.25) is 0 Å². The highest BCUT2D eigenvalue weighted by atomic mass is 79.9. The smallest absolute Gasteiger partial charge is 0.254 e. The molecule has 0 unspecified atom stereocenters. The number of piperazine rings is 1. The zero-order chi connectivity index (χ0) is 17.6. The Hall–Kier alpha value is -2.01. The van der Waals surface area contributed by atoms with Gasteiger partial charge in [0.25, 0.3) is 5.91 Å². The molecule has 0 spiro atoms. The van der Waals surface area contributed by atoms with Gasteiger partial charge in [0.05, 0.1) is 11.1 Å². The van der Waals surface area contributed by atoms with Gasteiger partial charge in [-0.25, -0.2) is 0 Å². The molecule has 1 aliphatic heterocycles. The summed E-state index contributed by atoms with van der Waals surface area (Å²) in [5.74, 6) is 0.864. The van der Waals surface area contributed by atoms with Crippen molar-refractivity contribution in [1.29, 1.82) is 0 Å². The van der Waals surface area contributed by atoms with E-state index in [0.29, 0.717) is 12.2 Å². The van der Waals surface area contributed by atoms with E-state index in [1.165, 1.54) is 5.69 Å². The van der Waals surface area contributed by atoms with Gasteiger partial charge < -0.3 is 14.5 Å². The molecule has 5 heteroatoms. The van der Waals surface area contributed by atoms with Crippen molar-refractivity contribution in [1.82, 2.24) is 4.90 Å². The number of hydrogen-bond donors (Lipinski definition) is 0. The lowest BCUT2D eigenvalue weighted by Crippen LogP contribution is -2.48. The molecule has 2 aromatic rings. The van der Waals surface area contributed by atoms with E-state index < -0.39 is 0 Å². The number of nitrogens with zero attached hydrogens (tertiary/aromatic N) is 2. The number of rotatable bonds is 5. The van der Waals surface area contributed by atoms with Gasteiger partial charge in [0.1, 0.15) is 5.75 Å². The number of carbonyl (C=O) groups excluding carboxylic acids is 1. The molecule has 0 aromatic heterocycles. The minimum absolute atomic E-state index is 0.0791. The van der Waals surface area contributed by atoms with Gasteiger partial charge in [0.15, 0.2) is 0 Å². The zero-order valence-corrected chi connectivity index (χ0v) is 16.0. The minimum Gasteiger partial charge on any atom is -0.492 e. The van der Waals surface area contributed by atoms with Gasteiger partial charge >= 0.3 is 0 Å². The summed E-state index contributed by atoms with van der Waals surface area (Å²) in [6.45, 7) is 5.93. The molecule has 0 radical (unpaired) electrons. The molecule has 4 nitrogen and oxygen atoms in total. The molecule has 1 amide bonds. The zero-order valence-electron chi connectivity index (χ0n) is 14.5. The number of hydrogen-bond acceptors (Lipinski definition) is 3. The van der Waals surface area contributed by atoms with Crippen molar-refractivity contribution >= 4 is 27.5 Å². The van der Waals surface area contributed by atoms with Crippen LogP contribution in [0.3, 0.4) is 0 Å². The number of benzene rings is 2. The molecule has 0 saturated carbocycles. The Morgan fingerprint density at radius 3 is 2.44 bits per heavy atom. The molecule has 0 bridgehead atoms. The maximum atomic E-state index is 12.8. The molecule has 1 saturated heterocycles. The summed E-state index contributed by atoms with van der Waals surface area (Å²) >= 11 is 3.51. The molecule has 1 heterocycles. The second-order valence-electron chi connectivity index (χ2n) is 6.11. The summed E-state index contributed by atoms with van der Waals surface area (Å²) in [4.78, 5) is 17.0. The fourth-order valence-corrected chi connectivity index (χ4v) is 3.45. The first kappa shape index (κ1) is 17.8.